The Morgan fingerprint density at radius 1 is 1.06 bits per heavy atom. The van der Waals surface area contributed by atoms with Gasteiger partial charge in [-0.15, -0.1) is 0 Å². The zero-order chi connectivity index (χ0) is 24.8. The van der Waals surface area contributed by atoms with Crippen molar-refractivity contribution >= 4 is 5.69 Å². The Kier molecular flexibility index (Phi) is 4.97. The number of hydrogen-bond donors (Lipinski definition) is 1. The number of nitrogens with zero attached hydrogens (tertiary/aromatic N) is 1. The Labute approximate surface area is 216 Å². The number of hydrogen-bond acceptors (Lipinski definition) is 4. The monoisotopic (exact) mass is 486 g/mol. The van der Waals surface area contributed by atoms with E-state index in [0.717, 1.165) is 37.5 Å². The van der Waals surface area contributed by atoms with Gasteiger partial charge < -0.3 is 14.8 Å². The summed E-state index contributed by atoms with van der Waals surface area (Å²) >= 11 is 0. The molecule has 2 aromatic carbocycles. The van der Waals surface area contributed by atoms with Crippen LogP contribution < -0.4 is 10.1 Å². The molecule has 1 spiro atoms. The Morgan fingerprint density at radius 3 is 2.53 bits per heavy atom. The molecule has 4 nitrogen and oxygen atoms in total. The molecule has 192 valence electrons. The van der Waals surface area contributed by atoms with Gasteiger partial charge in [-0.1, -0.05) is 39.0 Å². The molecule has 2 aromatic rings. The van der Waals surface area contributed by atoms with Gasteiger partial charge in [0, 0.05) is 23.7 Å². The molecule has 8 rings (SSSR count). The smallest absolute Gasteiger partial charge is 0.119 e. The minimum Gasteiger partial charge on any atom is -0.497 e. The number of benzene rings is 2. The minimum absolute atomic E-state index is 0.0219. The molecule has 1 N–H and O–H groups in total. The lowest BCUT2D eigenvalue weighted by Gasteiger charge is -2.72. The van der Waals surface area contributed by atoms with Gasteiger partial charge in [0.05, 0.1) is 24.9 Å². The number of nitrogens with one attached hydrogen (secondary N) is 1. The lowest BCUT2D eigenvalue weighted by molar-refractivity contribution is -0.254. The first-order valence-electron chi connectivity index (χ1n) is 14.2. The second kappa shape index (κ2) is 7.74. The van der Waals surface area contributed by atoms with Gasteiger partial charge in [0.1, 0.15) is 5.75 Å². The van der Waals surface area contributed by atoms with Crippen molar-refractivity contribution in [2.75, 3.05) is 32.1 Å². The summed E-state index contributed by atoms with van der Waals surface area (Å²) < 4.78 is 12.9. The standard InChI is InChI=1S/C32H42N2O2/c1-29(2,3)24-8-10-25(11-9-24)33-30-13-14-32(36-21-30)28-17-23-7-12-26(35-4)18-27(23)31(32,20-30)15-16-34(28)19-22-5-6-22/h7-12,18,22,28,33H,5-6,13-17,19-21H2,1-4H3/t28-,30?,31?,32-/m1/s1. The molecule has 3 heterocycles. The van der Waals surface area contributed by atoms with Crippen molar-refractivity contribution in [3.05, 3.63) is 59.2 Å². The van der Waals surface area contributed by atoms with E-state index in [0.29, 0.717) is 6.04 Å². The molecule has 0 radical (unpaired) electrons. The molecular formula is C32H42N2O2. The Balaban J connectivity index is 1.27. The maximum Gasteiger partial charge on any atom is 0.119 e. The molecule has 0 amide bonds. The van der Waals surface area contributed by atoms with Crippen molar-refractivity contribution < 1.29 is 9.47 Å². The van der Waals surface area contributed by atoms with Crippen molar-refractivity contribution in [3.63, 3.8) is 0 Å². The Morgan fingerprint density at radius 2 is 1.86 bits per heavy atom. The van der Waals surface area contributed by atoms with Crippen LogP contribution in [0.15, 0.2) is 42.5 Å². The van der Waals surface area contributed by atoms with Crippen LogP contribution in [-0.2, 0) is 22.0 Å². The van der Waals surface area contributed by atoms with Gasteiger partial charge >= 0.3 is 0 Å². The largest absolute Gasteiger partial charge is 0.497 e. The van der Waals surface area contributed by atoms with Crippen molar-refractivity contribution in [3.8, 4) is 5.75 Å². The number of likely N-dealkylation sites (tertiary alicyclic amines) is 1. The van der Waals surface area contributed by atoms with Gasteiger partial charge in [0.15, 0.2) is 0 Å². The number of rotatable bonds is 5. The van der Waals surface area contributed by atoms with Gasteiger partial charge in [-0.2, -0.15) is 0 Å². The fraction of sp³-hybridized carbons (Fsp3) is 0.625. The van der Waals surface area contributed by atoms with Crippen molar-refractivity contribution in [1.82, 2.24) is 4.90 Å². The van der Waals surface area contributed by atoms with Crippen LogP contribution in [-0.4, -0.2) is 48.9 Å². The first-order chi connectivity index (χ1) is 17.3. The molecule has 0 aromatic heterocycles. The molecular weight excluding hydrogens is 444 g/mol. The van der Waals surface area contributed by atoms with Crippen LogP contribution in [0.3, 0.4) is 0 Å². The average molecular weight is 487 g/mol. The SMILES string of the molecule is COc1ccc2c(c1)C13CCN(CC4CC4)[C@H](C2)[C@]12CCC(Nc1ccc(C(C)(C)C)cc1)(CO2)C3. The Hall–Kier alpha value is -2.04. The van der Waals surface area contributed by atoms with E-state index in [1.165, 1.54) is 61.2 Å². The number of piperidine rings is 1. The summed E-state index contributed by atoms with van der Waals surface area (Å²) in [6.45, 7) is 10.1. The summed E-state index contributed by atoms with van der Waals surface area (Å²) in [5.74, 6) is 1.90. The zero-order valence-corrected chi connectivity index (χ0v) is 22.5. The molecule has 6 aliphatic rings. The quantitative estimate of drug-likeness (QED) is 0.556. The molecule has 3 saturated heterocycles. The number of ether oxygens (including phenoxy) is 2. The first-order valence-corrected chi connectivity index (χ1v) is 14.2. The average Bonchev–Trinajstić information content (AvgIpc) is 3.69. The van der Waals surface area contributed by atoms with Crippen LogP contribution in [0.25, 0.3) is 0 Å². The fourth-order valence-corrected chi connectivity index (χ4v) is 8.37. The van der Waals surface area contributed by atoms with Crippen LogP contribution in [0.1, 0.15) is 76.0 Å². The van der Waals surface area contributed by atoms with E-state index in [1.807, 2.05) is 0 Å². The van der Waals surface area contributed by atoms with Crippen LogP contribution in [0.5, 0.6) is 5.75 Å². The molecule has 4 heteroatoms. The van der Waals surface area contributed by atoms with E-state index in [-0.39, 0.29) is 22.0 Å². The highest BCUT2D eigenvalue weighted by Gasteiger charge is 2.71. The normalized spacial score (nSPS) is 35.2. The van der Waals surface area contributed by atoms with Crippen LogP contribution in [0, 0.1) is 5.92 Å². The number of methoxy groups -OCH3 is 1. The van der Waals surface area contributed by atoms with Gasteiger partial charge in [-0.05, 0) is 104 Å². The summed E-state index contributed by atoms with van der Waals surface area (Å²) in [5.41, 5.74) is 5.76. The molecule has 3 aliphatic heterocycles. The number of fused-ring (bicyclic) bond motifs is 3. The molecule has 5 fully saturated rings. The van der Waals surface area contributed by atoms with Gasteiger partial charge in [-0.25, -0.2) is 0 Å². The third-order valence-corrected chi connectivity index (χ3v) is 10.4. The zero-order valence-electron chi connectivity index (χ0n) is 22.5. The van der Waals surface area contributed by atoms with E-state index < -0.39 is 0 Å². The van der Waals surface area contributed by atoms with E-state index in [2.05, 4.69) is 73.5 Å². The van der Waals surface area contributed by atoms with Crippen LogP contribution in [0.4, 0.5) is 5.69 Å². The van der Waals surface area contributed by atoms with Crippen LogP contribution >= 0.6 is 0 Å². The van der Waals surface area contributed by atoms with Crippen LogP contribution in [0.2, 0.25) is 0 Å². The summed E-state index contributed by atoms with van der Waals surface area (Å²) in [4.78, 5) is 2.83. The molecule has 2 unspecified atom stereocenters. The topological polar surface area (TPSA) is 33.7 Å². The summed E-state index contributed by atoms with van der Waals surface area (Å²) in [6, 6.07) is 16.5. The molecule has 36 heavy (non-hydrogen) atoms. The minimum atomic E-state index is -0.0704. The lowest BCUT2D eigenvalue weighted by Crippen LogP contribution is -2.80. The Bertz CT molecular complexity index is 1150. The van der Waals surface area contributed by atoms with E-state index >= 15 is 0 Å². The maximum absolute atomic E-state index is 7.20. The third kappa shape index (κ3) is 3.33. The maximum atomic E-state index is 7.20. The summed E-state index contributed by atoms with van der Waals surface area (Å²) in [7, 11) is 1.80. The fourth-order valence-electron chi connectivity index (χ4n) is 8.37. The first kappa shape index (κ1) is 23.1. The highest BCUT2D eigenvalue weighted by molar-refractivity contribution is 5.54. The van der Waals surface area contributed by atoms with E-state index in [9.17, 15) is 0 Å². The predicted molar refractivity (Wildman–Crippen MR) is 145 cm³/mol. The van der Waals surface area contributed by atoms with E-state index in [1.54, 1.807) is 7.11 Å². The highest BCUT2D eigenvalue weighted by Crippen LogP contribution is 2.65. The van der Waals surface area contributed by atoms with Gasteiger partial charge in [0.25, 0.3) is 0 Å². The number of anilines is 1. The molecule has 3 aliphatic carbocycles. The molecule has 4 bridgehead atoms. The van der Waals surface area contributed by atoms with Crippen molar-refractivity contribution in [1.29, 1.82) is 0 Å². The van der Waals surface area contributed by atoms with Gasteiger partial charge in [0.2, 0.25) is 0 Å². The third-order valence-electron chi connectivity index (χ3n) is 10.4. The second-order valence-corrected chi connectivity index (χ2v) is 13.6. The lowest BCUT2D eigenvalue weighted by atomic mass is 9.45. The van der Waals surface area contributed by atoms with Crippen molar-refractivity contribution in [2.24, 2.45) is 5.92 Å². The second-order valence-electron chi connectivity index (χ2n) is 13.6. The summed E-state index contributed by atoms with van der Waals surface area (Å²) in [6.07, 6.45) is 8.60. The molecule has 4 atom stereocenters. The van der Waals surface area contributed by atoms with Gasteiger partial charge in [-0.3, -0.25) is 4.90 Å². The molecule has 2 saturated carbocycles. The van der Waals surface area contributed by atoms with Crippen molar-refractivity contribution in [2.45, 2.75) is 93.7 Å². The highest BCUT2D eigenvalue weighted by atomic mass is 16.5. The predicted octanol–water partition coefficient (Wildman–Crippen LogP) is 6.07. The summed E-state index contributed by atoms with van der Waals surface area (Å²) in [5, 5.41) is 4.03. The van der Waals surface area contributed by atoms with E-state index in [4.69, 9.17) is 9.47 Å².